The van der Waals surface area contributed by atoms with Crippen LogP contribution in [0.25, 0.3) is 11.2 Å². The van der Waals surface area contributed by atoms with Gasteiger partial charge in [-0.2, -0.15) is 8.42 Å². The highest BCUT2D eigenvalue weighted by atomic mass is 32.2. The number of carbonyl (C=O) groups excluding carboxylic acids is 3. The van der Waals surface area contributed by atoms with Gasteiger partial charge in [-0.1, -0.05) is 24.3 Å². The maximum atomic E-state index is 12.0. The molecule has 1 saturated heterocycles. The summed E-state index contributed by atoms with van der Waals surface area (Å²) in [5.41, 5.74) is 2.51. The van der Waals surface area contributed by atoms with E-state index >= 15 is 0 Å². The average molecular weight is 605 g/mol. The van der Waals surface area contributed by atoms with E-state index in [1.54, 1.807) is 0 Å². The smallest absolute Gasteiger partial charge is 0.333 e. The van der Waals surface area contributed by atoms with Crippen molar-refractivity contribution in [3.05, 3.63) is 48.0 Å². The summed E-state index contributed by atoms with van der Waals surface area (Å²) in [5, 5.41) is 8.29. The van der Waals surface area contributed by atoms with Crippen molar-refractivity contribution in [2.45, 2.75) is 63.9 Å². The van der Waals surface area contributed by atoms with Crippen molar-refractivity contribution in [1.82, 2.24) is 19.5 Å². The van der Waals surface area contributed by atoms with Crippen LogP contribution >= 0.6 is 0 Å². The first kappa shape index (κ1) is 29.3. The molecule has 1 fully saturated rings. The molecular weight excluding hydrogens is 576 g/mol. The molecule has 16 nitrogen and oxygen atoms in total. The van der Waals surface area contributed by atoms with Crippen LogP contribution in [0.4, 0.5) is 5.82 Å². The number of ether oxygens (including phenoxy) is 4. The molecule has 0 amide bonds. The van der Waals surface area contributed by atoms with E-state index in [0.29, 0.717) is 17.8 Å². The Balaban J connectivity index is 1.50. The number of benzene rings is 1. The fourth-order valence-corrected chi connectivity index (χ4v) is 5.55. The summed E-state index contributed by atoms with van der Waals surface area (Å²) >= 11 is 0. The van der Waals surface area contributed by atoms with Crippen molar-refractivity contribution in [2.75, 3.05) is 11.9 Å². The molecule has 0 bridgehead atoms. The highest BCUT2D eigenvalue weighted by Gasteiger charge is 2.51. The zero-order valence-electron chi connectivity index (χ0n) is 22.7. The Morgan fingerprint density at radius 2 is 1.71 bits per heavy atom. The molecule has 1 aromatic carbocycles. The Morgan fingerprint density at radius 3 is 2.40 bits per heavy atom. The first-order chi connectivity index (χ1) is 19.9. The Kier molecular flexibility index (Phi) is 8.09. The van der Waals surface area contributed by atoms with Crippen LogP contribution in [0.15, 0.2) is 36.9 Å². The lowest BCUT2D eigenvalue weighted by atomic mass is 10.1. The van der Waals surface area contributed by atoms with Crippen molar-refractivity contribution in [1.29, 1.82) is 0 Å². The van der Waals surface area contributed by atoms with Gasteiger partial charge in [0.1, 0.15) is 18.5 Å². The van der Waals surface area contributed by atoms with Gasteiger partial charge in [-0.25, -0.2) is 20.1 Å². The van der Waals surface area contributed by atoms with Gasteiger partial charge in [0.25, 0.3) is 0 Å². The van der Waals surface area contributed by atoms with Crippen molar-refractivity contribution in [3.63, 3.8) is 0 Å². The van der Waals surface area contributed by atoms with Crippen LogP contribution < -0.4 is 10.5 Å². The molecule has 224 valence electrons. The van der Waals surface area contributed by atoms with Gasteiger partial charge in [-0.05, 0) is 11.1 Å². The first-order valence-corrected chi connectivity index (χ1v) is 14.2. The Bertz CT molecular complexity index is 1630. The normalized spacial score (nSPS) is 25.1. The van der Waals surface area contributed by atoms with Crippen LogP contribution in [0.2, 0.25) is 0 Å². The summed E-state index contributed by atoms with van der Waals surface area (Å²) in [6, 6.07) is 7.25. The molecule has 1 aliphatic heterocycles. The fourth-order valence-electron chi connectivity index (χ4n) is 5.22. The molecule has 1 aliphatic carbocycles. The number of esters is 3. The van der Waals surface area contributed by atoms with E-state index < -0.39 is 71.5 Å². The molecule has 0 spiro atoms. The molecular formula is C25H28N6O10S. The lowest BCUT2D eigenvalue weighted by Gasteiger charge is -2.24. The number of nitrogens with two attached hydrogens (primary N) is 1. The van der Waals surface area contributed by atoms with Gasteiger partial charge in [0.05, 0.1) is 19.0 Å². The molecule has 0 radical (unpaired) electrons. The molecule has 3 heterocycles. The topological polar surface area (TPSA) is 213 Å². The van der Waals surface area contributed by atoms with E-state index in [9.17, 15) is 22.8 Å². The molecule has 17 heteroatoms. The zero-order chi connectivity index (χ0) is 30.2. The molecule has 3 aromatic rings. The lowest BCUT2D eigenvalue weighted by Crippen LogP contribution is -2.41. The van der Waals surface area contributed by atoms with Gasteiger partial charge < -0.3 is 24.3 Å². The maximum Gasteiger partial charge on any atom is 0.333 e. The van der Waals surface area contributed by atoms with Gasteiger partial charge in [-0.3, -0.25) is 23.1 Å². The predicted molar refractivity (Wildman–Crippen MR) is 141 cm³/mol. The number of hydrogen-bond acceptors (Lipinski definition) is 14. The molecule has 2 aromatic heterocycles. The van der Waals surface area contributed by atoms with Gasteiger partial charge in [-0.15, -0.1) is 0 Å². The lowest BCUT2D eigenvalue weighted by molar-refractivity contribution is -0.165. The van der Waals surface area contributed by atoms with Gasteiger partial charge in [0.15, 0.2) is 35.4 Å². The van der Waals surface area contributed by atoms with E-state index in [2.05, 4.69) is 24.5 Å². The van der Waals surface area contributed by atoms with Crippen molar-refractivity contribution >= 4 is 45.2 Å². The summed E-state index contributed by atoms with van der Waals surface area (Å²) in [4.78, 5) is 48.9. The van der Waals surface area contributed by atoms with Crippen LogP contribution in [-0.4, -0.2) is 76.9 Å². The van der Waals surface area contributed by atoms with Crippen LogP contribution in [0.3, 0.4) is 0 Å². The van der Waals surface area contributed by atoms with Gasteiger partial charge >= 0.3 is 28.2 Å². The third-order valence-corrected chi connectivity index (χ3v) is 7.18. The van der Waals surface area contributed by atoms with E-state index in [1.807, 2.05) is 24.3 Å². The summed E-state index contributed by atoms with van der Waals surface area (Å²) in [7, 11) is -4.37. The highest BCUT2D eigenvalue weighted by molar-refractivity contribution is 7.84. The number of nitrogens with one attached hydrogen (secondary N) is 1. The minimum atomic E-state index is -4.37. The minimum Gasteiger partial charge on any atom is -0.460 e. The van der Waals surface area contributed by atoms with Gasteiger partial charge in [0, 0.05) is 27.2 Å². The largest absolute Gasteiger partial charge is 0.460 e. The second-order valence-corrected chi connectivity index (χ2v) is 10.9. The number of aromatic nitrogens is 4. The van der Waals surface area contributed by atoms with E-state index in [1.165, 1.54) is 24.1 Å². The van der Waals surface area contributed by atoms with Crippen molar-refractivity contribution in [2.24, 2.45) is 5.14 Å². The third kappa shape index (κ3) is 6.18. The SMILES string of the molecule is CC(=O)O[C@@H]1[C@H](OC(C)=O)[C@@H](COS(N)(=O)=O)O[C@H]1n1cnc2c(N[C@@H]3c4ccccc4C[C@@H]3OC(C)=O)ncnc21. The zero-order valence-corrected chi connectivity index (χ0v) is 23.5. The Morgan fingerprint density at radius 1 is 1.02 bits per heavy atom. The summed E-state index contributed by atoms with van der Waals surface area (Å²) in [5.74, 6) is -1.54. The fraction of sp³-hybridized carbons (Fsp3) is 0.440. The standard InChI is InChI=1S/C25H28N6O10S/c1-12(32)38-17-8-15-6-4-5-7-16(15)19(17)30-23-20-24(28-10-27-23)31(11-29-20)25-22(40-14(3)34)21(39-13(2)33)18(41-25)9-37-42(26,35)36/h4-7,10-11,17-19,21-22,25H,8-9H2,1-3H3,(H2,26,35,36)(H,27,28,30)/t17-,18+,19+,21+,22+,25+/m0/s1. The Labute approximate surface area is 239 Å². The average Bonchev–Trinajstić information content (AvgIpc) is 3.56. The number of rotatable bonds is 9. The van der Waals surface area contributed by atoms with E-state index in [-0.39, 0.29) is 5.65 Å². The van der Waals surface area contributed by atoms with Crippen LogP contribution in [0.5, 0.6) is 0 Å². The number of nitrogens with zero attached hydrogens (tertiary/aromatic N) is 4. The van der Waals surface area contributed by atoms with Crippen LogP contribution in [-0.2, 0) is 54.2 Å². The highest BCUT2D eigenvalue weighted by Crippen LogP contribution is 2.39. The van der Waals surface area contributed by atoms with Crippen LogP contribution in [0.1, 0.15) is 44.2 Å². The monoisotopic (exact) mass is 604 g/mol. The molecule has 2 aliphatic rings. The molecule has 42 heavy (non-hydrogen) atoms. The number of hydrogen-bond donors (Lipinski definition) is 2. The molecule has 0 unspecified atom stereocenters. The Hall–Kier alpha value is -4.19. The first-order valence-electron chi connectivity index (χ1n) is 12.8. The third-order valence-electron chi connectivity index (χ3n) is 6.71. The predicted octanol–water partition coefficient (Wildman–Crippen LogP) is 0.448. The summed E-state index contributed by atoms with van der Waals surface area (Å²) in [6.07, 6.45) is -2.19. The quantitative estimate of drug-likeness (QED) is 0.251. The number of anilines is 1. The van der Waals surface area contributed by atoms with Crippen LogP contribution in [0, 0.1) is 0 Å². The number of fused-ring (bicyclic) bond motifs is 2. The number of imidazole rings is 1. The van der Waals surface area contributed by atoms with E-state index in [0.717, 1.165) is 25.0 Å². The summed E-state index contributed by atoms with van der Waals surface area (Å²) in [6.45, 7) is 3.01. The van der Waals surface area contributed by atoms with Crippen molar-refractivity contribution in [3.8, 4) is 0 Å². The second-order valence-electron chi connectivity index (χ2n) is 9.71. The van der Waals surface area contributed by atoms with Gasteiger partial charge in [0.2, 0.25) is 0 Å². The second kappa shape index (κ2) is 11.6. The van der Waals surface area contributed by atoms with Crippen molar-refractivity contribution < 1.29 is 45.9 Å². The minimum absolute atomic E-state index is 0.250. The van der Waals surface area contributed by atoms with E-state index in [4.69, 9.17) is 24.1 Å². The molecule has 6 atom stereocenters. The maximum absolute atomic E-state index is 12.0. The molecule has 5 rings (SSSR count). The molecule has 3 N–H and O–H groups in total. The number of carbonyl (C=O) groups is 3. The summed E-state index contributed by atoms with van der Waals surface area (Å²) < 4.78 is 51.4. The molecule has 0 saturated carbocycles.